The summed E-state index contributed by atoms with van der Waals surface area (Å²) >= 11 is 0. The van der Waals surface area contributed by atoms with Crippen LogP contribution in [0, 0.1) is 5.92 Å². The van der Waals surface area contributed by atoms with Gasteiger partial charge in [-0.25, -0.2) is 4.98 Å². The Hall–Kier alpha value is -2.44. The Morgan fingerprint density at radius 3 is 2.42 bits per heavy atom. The minimum absolute atomic E-state index is 0.183. The zero-order chi connectivity index (χ0) is 21.6. The van der Waals surface area contributed by atoms with E-state index in [1.165, 1.54) is 12.8 Å². The Morgan fingerprint density at radius 2 is 1.81 bits per heavy atom. The van der Waals surface area contributed by atoms with Gasteiger partial charge in [-0.2, -0.15) is 4.98 Å². The summed E-state index contributed by atoms with van der Waals surface area (Å²) in [6, 6.07) is 4.04. The summed E-state index contributed by atoms with van der Waals surface area (Å²) in [5.74, 6) is 3.26. The predicted molar refractivity (Wildman–Crippen MR) is 121 cm³/mol. The van der Waals surface area contributed by atoms with E-state index in [2.05, 4.69) is 33.9 Å². The minimum atomic E-state index is 0.183. The molecule has 1 aliphatic heterocycles. The van der Waals surface area contributed by atoms with E-state index in [0.29, 0.717) is 17.6 Å². The molecule has 4 rings (SSSR count). The monoisotopic (exact) mass is 425 g/mol. The van der Waals surface area contributed by atoms with Crippen molar-refractivity contribution in [1.82, 2.24) is 20.0 Å². The topological polar surface area (TPSA) is 75.4 Å². The lowest BCUT2D eigenvalue weighted by molar-refractivity contribution is -0.136. The van der Waals surface area contributed by atoms with Gasteiger partial charge in [-0.1, -0.05) is 44.7 Å². The number of hydrogen-bond donors (Lipinski definition) is 0. The van der Waals surface area contributed by atoms with E-state index in [4.69, 9.17) is 4.52 Å². The second-order valence-corrected chi connectivity index (χ2v) is 8.93. The van der Waals surface area contributed by atoms with Crippen LogP contribution in [0.2, 0.25) is 0 Å². The van der Waals surface area contributed by atoms with Crippen molar-refractivity contribution in [3.63, 3.8) is 0 Å². The van der Waals surface area contributed by atoms with Crippen molar-refractivity contribution in [1.29, 1.82) is 0 Å². The highest BCUT2D eigenvalue weighted by molar-refractivity contribution is 5.79. The molecule has 2 aromatic rings. The highest BCUT2D eigenvalue weighted by Crippen LogP contribution is 2.34. The van der Waals surface area contributed by atoms with Crippen molar-refractivity contribution in [3.05, 3.63) is 24.2 Å². The number of nitrogens with zero attached hydrogens (tertiary/aromatic N) is 5. The molecular formula is C24H35N5O2. The molecule has 31 heavy (non-hydrogen) atoms. The third kappa shape index (κ3) is 5.08. The second-order valence-electron chi connectivity index (χ2n) is 8.93. The molecule has 0 unspecified atom stereocenters. The van der Waals surface area contributed by atoms with E-state index in [-0.39, 0.29) is 5.92 Å². The fourth-order valence-corrected chi connectivity index (χ4v) is 4.90. The van der Waals surface area contributed by atoms with Gasteiger partial charge in [-0.3, -0.25) is 4.79 Å². The van der Waals surface area contributed by atoms with Crippen molar-refractivity contribution in [2.45, 2.75) is 71.1 Å². The molecule has 2 fully saturated rings. The van der Waals surface area contributed by atoms with Crippen LogP contribution >= 0.6 is 0 Å². The van der Waals surface area contributed by atoms with Crippen LogP contribution in [-0.2, 0) is 4.79 Å². The molecule has 0 radical (unpaired) electrons. The Morgan fingerprint density at radius 1 is 1.10 bits per heavy atom. The maximum atomic E-state index is 12.9. The van der Waals surface area contributed by atoms with Crippen LogP contribution in [0.15, 0.2) is 22.9 Å². The number of hydrogen-bond acceptors (Lipinski definition) is 6. The Balaban J connectivity index is 1.33. The lowest BCUT2D eigenvalue weighted by Crippen LogP contribution is -2.50. The fourth-order valence-electron chi connectivity index (χ4n) is 4.90. The highest BCUT2D eigenvalue weighted by atomic mass is 16.5. The average Bonchev–Trinajstić information content (AvgIpc) is 3.51. The van der Waals surface area contributed by atoms with E-state index in [1.807, 2.05) is 23.2 Å². The van der Waals surface area contributed by atoms with E-state index >= 15 is 0 Å². The van der Waals surface area contributed by atoms with Gasteiger partial charge in [0, 0.05) is 49.8 Å². The van der Waals surface area contributed by atoms with Crippen LogP contribution in [0.5, 0.6) is 0 Å². The molecule has 0 atom stereocenters. The molecule has 0 spiro atoms. The zero-order valence-electron chi connectivity index (χ0n) is 18.9. The van der Waals surface area contributed by atoms with Crippen molar-refractivity contribution < 1.29 is 9.32 Å². The minimum Gasteiger partial charge on any atom is -0.353 e. The SMILES string of the molecule is CCCC(CCC)C(=O)N1CCN(c2ccc(-c3noc(C4CCCC4)n3)cn2)CC1. The number of rotatable bonds is 8. The summed E-state index contributed by atoms with van der Waals surface area (Å²) in [6.45, 7) is 7.48. The molecule has 0 bridgehead atoms. The maximum absolute atomic E-state index is 12.9. The molecule has 1 aliphatic carbocycles. The van der Waals surface area contributed by atoms with Gasteiger partial charge in [0.05, 0.1) is 0 Å². The summed E-state index contributed by atoms with van der Waals surface area (Å²) in [5.41, 5.74) is 0.882. The van der Waals surface area contributed by atoms with Gasteiger partial charge in [0.25, 0.3) is 0 Å². The van der Waals surface area contributed by atoms with Gasteiger partial charge >= 0.3 is 0 Å². The Bertz CT molecular complexity index is 830. The third-order valence-corrected chi connectivity index (χ3v) is 6.69. The van der Waals surface area contributed by atoms with E-state index in [9.17, 15) is 4.79 Å². The normalized spacial score (nSPS) is 17.6. The van der Waals surface area contributed by atoms with Gasteiger partial charge in [-0.15, -0.1) is 0 Å². The van der Waals surface area contributed by atoms with Gasteiger partial charge in [0.2, 0.25) is 17.6 Å². The molecule has 7 nitrogen and oxygen atoms in total. The first-order valence-corrected chi connectivity index (χ1v) is 12.0. The summed E-state index contributed by atoms with van der Waals surface area (Å²) < 4.78 is 5.50. The van der Waals surface area contributed by atoms with Crippen LogP contribution in [-0.4, -0.2) is 52.1 Å². The van der Waals surface area contributed by atoms with Crippen LogP contribution in [0.1, 0.15) is 77.0 Å². The van der Waals surface area contributed by atoms with Crippen LogP contribution in [0.25, 0.3) is 11.4 Å². The number of piperazine rings is 1. The number of carbonyl (C=O) groups excluding carboxylic acids is 1. The van der Waals surface area contributed by atoms with Crippen molar-refractivity contribution in [2.24, 2.45) is 5.92 Å². The predicted octanol–water partition coefficient (Wildman–Crippen LogP) is 4.65. The quantitative estimate of drug-likeness (QED) is 0.613. The number of amides is 1. The lowest BCUT2D eigenvalue weighted by atomic mass is 9.96. The number of aromatic nitrogens is 3. The van der Waals surface area contributed by atoms with Crippen LogP contribution in [0.3, 0.4) is 0 Å². The van der Waals surface area contributed by atoms with Gasteiger partial charge in [-0.05, 0) is 37.8 Å². The molecule has 7 heteroatoms. The summed E-state index contributed by atoms with van der Waals surface area (Å²) in [4.78, 5) is 26.4. The molecule has 3 heterocycles. The standard InChI is InChI=1S/C24H35N5O2/c1-3-7-19(8-4-2)24(30)29-15-13-28(14-16-29)21-12-11-20(17-25-21)22-26-23(31-27-22)18-9-5-6-10-18/h11-12,17-19H,3-10,13-16H2,1-2H3. The number of carbonyl (C=O) groups is 1. The zero-order valence-corrected chi connectivity index (χ0v) is 18.9. The second kappa shape index (κ2) is 10.2. The fraction of sp³-hybridized carbons (Fsp3) is 0.667. The molecule has 1 saturated heterocycles. The van der Waals surface area contributed by atoms with E-state index < -0.39 is 0 Å². The molecule has 1 amide bonds. The molecule has 168 valence electrons. The molecule has 1 saturated carbocycles. The maximum Gasteiger partial charge on any atom is 0.230 e. The third-order valence-electron chi connectivity index (χ3n) is 6.69. The van der Waals surface area contributed by atoms with Crippen molar-refractivity contribution >= 4 is 11.7 Å². The number of pyridine rings is 1. The van der Waals surface area contributed by atoms with Crippen molar-refractivity contribution in [2.75, 3.05) is 31.1 Å². The first-order valence-electron chi connectivity index (χ1n) is 12.0. The largest absolute Gasteiger partial charge is 0.353 e. The average molecular weight is 426 g/mol. The summed E-state index contributed by atoms with van der Waals surface area (Å²) in [7, 11) is 0. The molecule has 0 aromatic carbocycles. The first kappa shape index (κ1) is 21.8. The molecule has 2 aliphatic rings. The summed E-state index contributed by atoms with van der Waals surface area (Å²) in [5, 5.41) is 4.17. The molecular weight excluding hydrogens is 390 g/mol. The van der Waals surface area contributed by atoms with E-state index in [0.717, 1.165) is 82.0 Å². The van der Waals surface area contributed by atoms with Crippen LogP contribution in [0.4, 0.5) is 5.82 Å². The smallest absolute Gasteiger partial charge is 0.230 e. The molecule has 2 aromatic heterocycles. The Kier molecular flexibility index (Phi) is 7.20. The molecule has 0 N–H and O–H groups in total. The van der Waals surface area contributed by atoms with Gasteiger partial charge in [0.15, 0.2) is 0 Å². The van der Waals surface area contributed by atoms with Crippen LogP contribution < -0.4 is 4.90 Å². The van der Waals surface area contributed by atoms with E-state index in [1.54, 1.807) is 0 Å². The lowest BCUT2D eigenvalue weighted by Gasteiger charge is -2.37. The number of anilines is 1. The van der Waals surface area contributed by atoms with Gasteiger partial charge in [0.1, 0.15) is 5.82 Å². The Labute approximate surface area is 185 Å². The van der Waals surface area contributed by atoms with Crippen molar-refractivity contribution in [3.8, 4) is 11.4 Å². The highest BCUT2D eigenvalue weighted by Gasteiger charge is 2.27. The first-order chi connectivity index (χ1) is 15.2. The summed E-state index contributed by atoms with van der Waals surface area (Å²) in [6.07, 6.45) is 10.7. The van der Waals surface area contributed by atoms with Gasteiger partial charge < -0.3 is 14.3 Å².